The average molecular weight is 253 g/mol. The van der Waals surface area contributed by atoms with Crippen molar-refractivity contribution in [3.05, 3.63) is 11.9 Å². The van der Waals surface area contributed by atoms with Crippen LogP contribution >= 0.6 is 0 Å². The van der Waals surface area contributed by atoms with E-state index >= 15 is 0 Å². The van der Waals surface area contributed by atoms with E-state index in [1.807, 2.05) is 10.9 Å². The lowest BCUT2D eigenvalue weighted by Gasteiger charge is -2.19. The van der Waals surface area contributed by atoms with Crippen molar-refractivity contribution in [2.24, 2.45) is 0 Å². The SMILES string of the molecule is CCN(CC)CCn1cc(CNC(C)(C)C)nn1. The minimum Gasteiger partial charge on any atom is -0.306 e. The largest absolute Gasteiger partial charge is 0.306 e. The second-order valence-corrected chi connectivity index (χ2v) is 5.60. The Hall–Kier alpha value is -0.940. The van der Waals surface area contributed by atoms with E-state index in [2.05, 4.69) is 55.1 Å². The van der Waals surface area contributed by atoms with Crippen molar-refractivity contribution >= 4 is 0 Å². The van der Waals surface area contributed by atoms with Crippen LogP contribution in [-0.2, 0) is 13.1 Å². The predicted molar refractivity (Wildman–Crippen MR) is 74.4 cm³/mol. The molecule has 0 unspecified atom stereocenters. The molecule has 0 radical (unpaired) electrons. The number of likely N-dealkylation sites (N-methyl/N-ethyl adjacent to an activating group) is 1. The van der Waals surface area contributed by atoms with E-state index in [-0.39, 0.29) is 5.54 Å². The van der Waals surface area contributed by atoms with Gasteiger partial charge in [0.25, 0.3) is 0 Å². The zero-order valence-corrected chi connectivity index (χ0v) is 12.4. The van der Waals surface area contributed by atoms with E-state index < -0.39 is 0 Å². The van der Waals surface area contributed by atoms with Crippen LogP contribution in [0.25, 0.3) is 0 Å². The Morgan fingerprint density at radius 2 is 1.94 bits per heavy atom. The number of hydrogen-bond acceptors (Lipinski definition) is 4. The fourth-order valence-corrected chi connectivity index (χ4v) is 1.67. The molecule has 0 bridgehead atoms. The molecule has 0 spiro atoms. The Morgan fingerprint density at radius 3 is 2.50 bits per heavy atom. The second kappa shape index (κ2) is 6.85. The van der Waals surface area contributed by atoms with E-state index in [1.54, 1.807) is 0 Å². The number of rotatable bonds is 7. The highest BCUT2D eigenvalue weighted by Crippen LogP contribution is 2.01. The lowest BCUT2D eigenvalue weighted by molar-refractivity contribution is 0.284. The molecule has 1 aromatic rings. The van der Waals surface area contributed by atoms with Crippen LogP contribution in [0.1, 0.15) is 40.3 Å². The van der Waals surface area contributed by atoms with Gasteiger partial charge in [0.05, 0.1) is 12.2 Å². The molecule has 0 aliphatic heterocycles. The van der Waals surface area contributed by atoms with Gasteiger partial charge in [-0.1, -0.05) is 19.1 Å². The Bertz CT molecular complexity index is 335. The highest BCUT2D eigenvalue weighted by molar-refractivity contribution is 4.93. The first kappa shape index (κ1) is 15.1. The summed E-state index contributed by atoms with van der Waals surface area (Å²) in [5.74, 6) is 0. The van der Waals surface area contributed by atoms with Gasteiger partial charge in [-0.05, 0) is 33.9 Å². The van der Waals surface area contributed by atoms with Crippen LogP contribution in [0, 0.1) is 0 Å². The van der Waals surface area contributed by atoms with Gasteiger partial charge in [-0.3, -0.25) is 4.68 Å². The van der Waals surface area contributed by atoms with E-state index in [0.29, 0.717) is 0 Å². The van der Waals surface area contributed by atoms with Gasteiger partial charge in [0.15, 0.2) is 0 Å². The summed E-state index contributed by atoms with van der Waals surface area (Å²) >= 11 is 0. The van der Waals surface area contributed by atoms with Crippen LogP contribution in [-0.4, -0.2) is 45.1 Å². The zero-order valence-electron chi connectivity index (χ0n) is 12.4. The first-order chi connectivity index (χ1) is 8.44. The van der Waals surface area contributed by atoms with E-state index in [1.165, 1.54) is 0 Å². The number of aromatic nitrogens is 3. The Balaban J connectivity index is 2.39. The topological polar surface area (TPSA) is 46.0 Å². The third-order valence-electron chi connectivity index (χ3n) is 2.93. The second-order valence-electron chi connectivity index (χ2n) is 5.60. The minimum atomic E-state index is 0.116. The fourth-order valence-electron chi connectivity index (χ4n) is 1.67. The van der Waals surface area contributed by atoms with Crippen molar-refractivity contribution in [2.75, 3.05) is 19.6 Å². The standard InChI is InChI=1S/C13H27N5/c1-6-17(7-2)8-9-18-11-12(15-16-18)10-14-13(3,4)5/h11,14H,6-10H2,1-5H3. The molecule has 0 atom stereocenters. The summed E-state index contributed by atoms with van der Waals surface area (Å²) in [6.45, 7) is 15.7. The first-order valence-electron chi connectivity index (χ1n) is 6.81. The average Bonchev–Trinajstić information content (AvgIpc) is 2.75. The smallest absolute Gasteiger partial charge is 0.0965 e. The molecule has 0 aliphatic carbocycles. The number of nitrogens with zero attached hydrogens (tertiary/aromatic N) is 4. The van der Waals surface area contributed by atoms with Crippen molar-refractivity contribution < 1.29 is 0 Å². The maximum Gasteiger partial charge on any atom is 0.0965 e. The van der Waals surface area contributed by atoms with Crippen LogP contribution < -0.4 is 5.32 Å². The van der Waals surface area contributed by atoms with Gasteiger partial charge in [0, 0.05) is 24.8 Å². The summed E-state index contributed by atoms with van der Waals surface area (Å²) in [6, 6.07) is 0. The van der Waals surface area contributed by atoms with Crippen molar-refractivity contribution in [2.45, 2.75) is 53.2 Å². The normalized spacial score (nSPS) is 12.3. The van der Waals surface area contributed by atoms with Gasteiger partial charge < -0.3 is 10.2 Å². The summed E-state index contributed by atoms with van der Waals surface area (Å²) in [6.07, 6.45) is 2.03. The van der Waals surface area contributed by atoms with Crippen LogP contribution in [0.4, 0.5) is 0 Å². The molecule has 0 fully saturated rings. The third-order valence-corrected chi connectivity index (χ3v) is 2.93. The highest BCUT2D eigenvalue weighted by atomic mass is 15.4. The summed E-state index contributed by atoms with van der Waals surface area (Å²) < 4.78 is 1.93. The van der Waals surface area contributed by atoms with E-state index in [0.717, 1.165) is 38.4 Å². The van der Waals surface area contributed by atoms with Gasteiger partial charge in [-0.2, -0.15) is 0 Å². The molecule has 0 saturated heterocycles. The Labute approximate surface area is 111 Å². The summed E-state index contributed by atoms with van der Waals surface area (Å²) in [5.41, 5.74) is 1.12. The van der Waals surface area contributed by atoms with E-state index in [9.17, 15) is 0 Å². The van der Waals surface area contributed by atoms with Gasteiger partial charge in [-0.25, -0.2) is 0 Å². The number of hydrogen-bond donors (Lipinski definition) is 1. The number of nitrogens with one attached hydrogen (secondary N) is 1. The molecule has 0 aromatic carbocycles. The summed E-state index contributed by atoms with van der Waals surface area (Å²) in [5, 5.41) is 11.8. The van der Waals surface area contributed by atoms with Gasteiger partial charge in [-0.15, -0.1) is 5.10 Å². The van der Waals surface area contributed by atoms with E-state index in [4.69, 9.17) is 0 Å². The monoisotopic (exact) mass is 253 g/mol. The fraction of sp³-hybridized carbons (Fsp3) is 0.846. The quantitative estimate of drug-likeness (QED) is 0.800. The van der Waals surface area contributed by atoms with Crippen molar-refractivity contribution in [1.82, 2.24) is 25.2 Å². The highest BCUT2D eigenvalue weighted by Gasteiger charge is 2.10. The maximum atomic E-state index is 4.18. The Kier molecular flexibility index (Phi) is 5.75. The van der Waals surface area contributed by atoms with Crippen LogP contribution in [0.5, 0.6) is 0 Å². The van der Waals surface area contributed by atoms with Crippen LogP contribution in [0.15, 0.2) is 6.20 Å². The van der Waals surface area contributed by atoms with Crippen molar-refractivity contribution in [3.63, 3.8) is 0 Å². The molecule has 0 aliphatic rings. The minimum absolute atomic E-state index is 0.116. The molecule has 1 rings (SSSR count). The van der Waals surface area contributed by atoms with Crippen LogP contribution in [0.3, 0.4) is 0 Å². The third kappa shape index (κ3) is 5.60. The summed E-state index contributed by atoms with van der Waals surface area (Å²) in [7, 11) is 0. The molecular formula is C13H27N5. The molecule has 18 heavy (non-hydrogen) atoms. The van der Waals surface area contributed by atoms with Gasteiger partial charge >= 0.3 is 0 Å². The summed E-state index contributed by atoms with van der Waals surface area (Å²) in [4.78, 5) is 2.38. The molecule has 1 heterocycles. The lowest BCUT2D eigenvalue weighted by Crippen LogP contribution is -2.35. The van der Waals surface area contributed by atoms with Gasteiger partial charge in [0.2, 0.25) is 0 Å². The van der Waals surface area contributed by atoms with Crippen LogP contribution in [0.2, 0.25) is 0 Å². The van der Waals surface area contributed by atoms with Gasteiger partial charge in [0.1, 0.15) is 0 Å². The molecule has 0 saturated carbocycles. The molecule has 5 nitrogen and oxygen atoms in total. The predicted octanol–water partition coefficient (Wildman–Crippen LogP) is 1.51. The maximum absolute atomic E-state index is 4.18. The molecule has 1 aromatic heterocycles. The zero-order chi connectivity index (χ0) is 13.6. The molecular weight excluding hydrogens is 226 g/mol. The first-order valence-corrected chi connectivity index (χ1v) is 6.81. The molecule has 5 heteroatoms. The Morgan fingerprint density at radius 1 is 1.28 bits per heavy atom. The molecule has 104 valence electrons. The molecule has 0 amide bonds. The lowest BCUT2D eigenvalue weighted by atomic mass is 10.1. The molecule has 1 N–H and O–H groups in total. The van der Waals surface area contributed by atoms with Crippen molar-refractivity contribution in [3.8, 4) is 0 Å². The van der Waals surface area contributed by atoms with Crippen molar-refractivity contribution in [1.29, 1.82) is 0 Å².